The third kappa shape index (κ3) is 4.11. The van der Waals surface area contributed by atoms with Gasteiger partial charge in [-0.15, -0.1) is 0 Å². The van der Waals surface area contributed by atoms with E-state index in [4.69, 9.17) is 9.90 Å². The van der Waals surface area contributed by atoms with Crippen LogP contribution < -0.4 is 0 Å². The Hall–Kier alpha value is 0.110. The quantitative estimate of drug-likeness (QED) is 0.509. The van der Waals surface area contributed by atoms with Gasteiger partial charge >= 0.3 is 0 Å². The minimum absolute atomic E-state index is 1.11. The molecule has 3 heteroatoms. The molecule has 1 unspecified atom stereocenters. The number of carbonyl (C=O) groups excluding carboxylic acids is 1. The first-order valence-electron chi connectivity index (χ1n) is 0.969. The summed E-state index contributed by atoms with van der Waals surface area (Å²) in [6.07, 6.45) is 1.25. The number of aliphatic hydroxyl groups excluding tert-OH is 1. The van der Waals surface area contributed by atoms with Crippen LogP contribution in [-0.4, -0.2) is 16.4 Å². The summed E-state index contributed by atoms with van der Waals surface area (Å²) in [5.41, 5.74) is 0. The van der Waals surface area contributed by atoms with Crippen LogP contribution in [0.25, 0.3) is 0 Å². The predicted octanol–water partition coefficient (Wildman–Crippen LogP) is -0.191. The maximum Gasteiger partial charge on any atom is 0.241 e. The third-order valence-corrected chi connectivity index (χ3v) is 0.284. The molecule has 0 bridgehead atoms. The Morgan fingerprint density at radius 2 is 2.20 bits per heavy atom. The highest BCUT2D eigenvalue weighted by Crippen LogP contribution is 1.83. The lowest BCUT2D eigenvalue weighted by Gasteiger charge is -1.75. The molecule has 0 saturated carbocycles. The summed E-state index contributed by atoms with van der Waals surface area (Å²) in [5.74, 6) is 0. The van der Waals surface area contributed by atoms with E-state index in [1.807, 2.05) is 0 Å². The Kier molecular flexibility index (Phi) is 2.41. The second-order valence-corrected chi connectivity index (χ2v) is 1.32. The van der Waals surface area contributed by atoms with Crippen LogP contribution in [0.1, 0.15) is 0 Å². The maximum atomic E-state index is 9.08. The summed E-state index contributed by atoms with van der Waals surface area (Å²) in [6, 6.07) is 0. The highest BCUT2D eigenvalue weighted by Gasteiger charge is 1.87. The highest BCUT2D eigenvalue weighted by atomic mass is 79.9. The van der Waals surface area contributed by atoms with E-state index >= 15 is 0 Å². The van der Waals surface area contributed by atoms with Gasteiger partial charge in [-0.2, -0.15) is 0 Å². The van der Waals surface area contributed by atoms with E-state index in [2.05, 4.69) is 15.9 Å². The molecule has 0 rings (SSSR count). The SMILES string of the molecule is O=[C]C(O)Br. The summed E-state index contributed by atoms with van der Waals surface area (Å²) in [4.78, 5) is 9.08. The zero-order valence-corrected chi connectivity index (χ0v) is 3.90. The number of hydrogen-bond donors (Lipinski definition) is 1. The molecular weight excluding hydrogens is 136 g/mol. The predicted molar refractivity (Wildman–Crippen MR) is 20.6 cm³/mol. The van der Waals surface area contributed by atoms with E-state index in [0.717, 1.165) is 0 Å². The summed E-state index contributed by atoms with van der Waals surface area (Å²) in [6.45, 7) is 0. The van der Waals surface area contributed by atoms with Gasteiger partial charge in [0.15, 0.2) is 5.01 Å². The molecule has 1 radical (unpaired) electrons. The van der Waals surface area contributed by atoms with Crippen LogP contribution in [-0.2, 0) is 4.79 Å². The summed E-state index contributed by atoms with van der Waals surface area (Å²) in [5, 5.41) is 6.75. The normalized spacial score (nSPS) is 14.0. The van der Waals surface area contributed by atoms with Crippen LogP contribution in [0.15, 0.2) is 0 Å². The van der Waals surface area contributed by atoms with E-state index in [1.165, 1.54) is 6.29 Å². The first-order chi connectivity index (χ1) is 2.27. The molecule has 0 saturated heterocycles. The fourth-order valence-corrected chi connectivity index (χ4v) is 0. The van der Waals surface area contributed by atoms with Crippen molar-refractivity contribution in [1.29, 1.82) is 0 Å². The van der Waals surface area contributed by atoms with Crippen molar-refractivity contribution in [2.24, 2.45) is 0 Å². The molecule has 0 aliphatic carbocycles. The van der Waals surface area contributed by atoms with Crippen LogP contribution in [0.4, 0.5) is 0 Å². The molecule has 0 amide bonds. The monoisotopic (exact) mass is 137 g/mol. The minimum atomic E-state index is -1.11. The molecule has 2 nitrogen and oxygen atoms in total. The average molecular weight is 138 g/mol. The van der Waals surface area contributed by atoms with Gasteiger partial charge in [-0.3, -0.25) is 4.79 Å². The molecule has 1 atom stereocenters. The van der Waals surface area contributed by atoms with Gasteiger partial charge in [0.05, 0.1) is 0 Å². The highest BCUT2D eigenvalue weighted by molar-refractivity contribution is 9.09. The zero-order chi connectivity index (χ0) is 4.28. The molecule has 0 aliphatic heterocycles. The van der Waals surface area contributed by atoms with E-state index in [9.17, 15) is 0 Å². The van der Waals surface area contributed by atoms with Crippen LogP contribution in [0, 0.1) is 0 Å². The van der Waals surface area contributed by atoms with E-state index in [1.54, 1.807) is 0 Å². The van der Waals surface area contributed by atoms with Crippen molar-refractivity contribution in [2.45, 2.75) is 5.01 Å². The van der Waals surface area contributed by atoms with Gasteiger partial charge in [0.2, 0.25) is 6.29 Å². The Labute approximate surface area is 37.9 Å². The number of rotatable bonds is 1. The van der Waals surface area contributed by atoms with Crippen molar-refractivity contribution >= 4 is 22.2 Å². The Morgan fingerprint density at radius 3 is 2.20 bits per heavy atom. The Balaban J connectivity index is 2.83. The lowest BCUT2D eigenvalue weighted by atomic mass is 10.9. The van der Waals surface area contributed by atoms with Gasteiger partial charge in [0, 0.05) is 0 Å². The minimum Gasteiger partial charge on any atom is -0.374 e. The topological polar surface area (TPSA) is 37.3 Å². The van der Waals surface area contributed by atoms with Gasteiger partial charge in [-0.25, -0.2) is 0 Å². The molecule has 0 aromatic rings. The molecule has 0 spiro atoms. The van der Waals surface area contributed by atoms with Crippen molar-refractivity contribution in [3.8, 4) is 0 Å². The zero-order valence-electron chi connectivity index (χ0n) is 2.31. The van der Waals surface area contributed by atoms with Crippen molar-refractivity contribution < 1.29 is 9.90 Å². The van der Waals surface area contributed by atoms with Crippen molar-refractivity contribution in [3.05, 3.63) is 0 Å². The first kappa shape index (κ1) is 5.11. The lowest BCUT2D eigenvalue weighted by Crippen LogP contribution is -1.92. The van der Waals surface area contributed by atoms with Gasteiger partial charge < -0.3 is 5.11 Å². The number of hydrogen-bond acceptors (Lipinski definition) is 2. The second-order valence-electron chi connectivity index (χ2n) is 0.454. The number of halogens is 1. The molecule has 0 fully saturated rings. The van der Waals surface area contributed by atoms with Crippen LogP contribution in [0.3, 0.4) is 0 Å². The van der Waals surface area contributed by atoms with Crippen LogP contribution in [0.5, 0.6) is 0 Å². The second kappa shape index (κ2) is 2.35. The molecule has 29 valence electrons. The van der Waals surface area contributed by atoms with Crippen molar-refractivity contribution in [3.63, 3.8) is 0 Å². The smallest absolute Gasteiger partial charge is 0.241 e. The standard InChI is InChI=1S/C2H2BrO2/c3-2(5)1-4/h2,5H. The maximum absolute atomic E-state index is 9.08. The van der Waals surface area contributed by atoms with Gasteiger partial charge in [0.1, 0.15) is 0 Å². The molecule has 5 heavy (non-hydrogen) atoms. The lowest BCUT2D eigenvalue weighted by molar-refractivity contribution is 0.322. The van der Waals surface area contributed by atoms with E-state index in [-0.39, 0.29) is 0 Å². The average Bonchev–Trinajstić information content (AvgIpc) is 1.38. The Bertz CT molecular complexity index is 34.6. The molecule has 0 aromatic heterocycles. The van der Waals surface area contributed by atoms with Crippen molar-refractivity contribution in [2.75, 3.05) is 0 Å². The molecule has 0 aromatic carbocycles. The largest absolute Gasteiger partial charge is 0.374 e. The molecule has 0 heterocycles. The number of aliphatic hydroxyl groups is 1. The fourth-order valence-electron chi connectivity index (χ4n) is 0. The van der Waals surface area contributed by atoms with Crippen LogP contribution in [0.2, 0.25) is 0 Å². The van der Waals surface area contributed by atoms with Crippen LogP contribution >= 0.6 is 15.9 Å². The van der Waals surface area contributed by atoms with Crippen molar-refractivity contribution in [1.82, 2.24) is 0 Å². The number of alkyl halides is 1. The molecule has 0 aliphatic rings. The van der Waals surface area contributed by atoms with Gasteiger partial charge in [0.25, 0.3) is 0 Å². The van der Waals surface area contributed by atoms with Gasteiger partial charge in [-0.1, -0.05) is 0 Å². The van der Waals surface area contributed by atoms with E-state index < -0.39 is 5.01 Å². The fraction of sp³-hybridized carbons (Fsp3) is 0.500. The summed E-state index contributed by atoms with van der Waals surface area (Å²) in [7, 11) is 0. The molecule has 1 N–H and O–H groups in total. The molecular formula is C2H2BrO2. The van der Waals surface area contributed by atoms with E-state index in [0.29, 0.717) is 0 Å². The Morgan fingerprint density at radius 1 is 2.00 bits per heavy atom. The summed E-state index contributed by atoms with van der Waals surface area (Å²) >= 11 is 2.51. The summed E-state index contributed by atoms with van der Waals surface area (Å²) < 4.78 is 0. The third-order valence-electron chi connectivity index (χ3n) is 0.0972. The first-order valence-corrected chi connectivity index (χ1v) is 1.88. The van der Waals surface area contributed by atoms with Gasteiger partial charge in [-0.05, 0) is 15.9 Å².